The van der Waals surface area contributed by atoms with Crippen LogP contribution in [-0.2, 0) is 4.79 Å². The van der Waals surface area contributed by atoms with Crippen LogP contribution < -0.4 is 10.1 Å². The molecule has 1 saturated heterocycles. The maximum Gasteiger partial charge on any atom is 0.335 e. The molecule has 0 atom stereocenters. The number of ether oxygens (including phenoxy) is 1. The molecule has 2 N–H and O–H groups in total. The first-order valence-electron chi connectivity index (χ1n) is 7.74. The molecule has 0 aliphatic carbocycles. The van der Waals surface area contributed by atoms with Gasteiger partial charge in [0.05, 0.1) is 17.6 Å². The molecule has 0 spiro atoms. The number of amides is 1. The molecule has 2 aromatic carbocycles. The molecule has 26 heavy (non-hydrogen) atoms. The molecular weight excluding hydrogens is 352 g/mol. The zero-order valence-electron chi connectivity index (χ0n) is 14.1. The minimum atomic E-state index is -0.987. The fraction of sp³-hybridized carbons (Fsp3) is 0.105. The second-order valence-electron chi connectivity index (χ2n) is 5.58. The highest BCUT2D eigenvalue weighted by molar-refractivity contribution is 8.18. The van der Waals surface area contributed by atoms with Crippen molar-refractivity contribution in [2.75, 3.05) is 7.11 Å². The second kappa shape index (κ2) is 7.45. The largest absolute Gasteiger partial charge is 0.494 e. The van der Waals surface area contributed by atoms with Crippen molar-refractivity contribution in [2.24, 2.45) is 4.99 Å². The van der Waals surface area contributed by atoms with Crippen molar-refractivity contribution in [3.8, 4) is 5.75 Å². The molecular formula is C19H16N2O4S. The van der Waals surface area contributed by atoms with E-state index in [9.17, 15) is 9.59 Å². The molecule has 3 rings (SSSR count). The molecule has 7 heteroatoms. The summed E-state index contributed by atoms with van der Waals surface area (Å²) in [5.41, 5.74) is 2.61. The van der Waals surface area contributed by atoms with Crippen molar-refractivity contribution < 1.29 is 19.4 Å². The van der Waals surface area contributed by atoms with E-state index < -0.39 is 5.97 Å². The van der Waals surface area contributed by atoms with Crippen LogP contribution in [0.25, 0.3) is 6.08 Å². The molecule has 1 heterocycles. The summed E-state index contributed by atoms with van der Waals surface area (Å²) in [7, 11) is 1.57. The third-order valence-electron chi connectivity index (χ3n) is 3.66. The Kier molecular flexibility index (Phi) is 5.09. The zero-order valence-corrected chi connectivity index (χ0v) is 15.0. The van der Waals surface area contributed by atoms with E-state index in [1.165, 1.54) is 23.9 Å². The predicted octanol–water partition coefficient (Wildman–Crippen LogP) is 3.59. The molecule has 0 saturated carbocycles. The summed E-state index contributed by atoms with van der Waals surface area (Å²) in [6.45, 7) is 1.95. The van der Waals surface area contributed by atoms with E-state index >= 15 is 0 Å². The number of nitrogens with one attached hydrogen (secondary N) is 1. The number of aliphatic imine (C=N–C) groups is 1. The maximum absolute atomic E-state index is 12.2. The number of carboxylic acid groups (broad SMARTS) is 1. The van der Waals surface area contributed by atoms with Gasteiger partial charge in [0.15, 0.2) is 5.17 Å². The van der Waals surface area contributed by atoms with Gasteiger partial charge in [-0.15, -0.1) is 0 Å². The lowest BCUT2D eigenvalue weighted by molar-refractivity contribution is -0.115. The van der Waals surface area contributed by atoms with Crippen LogP contribution in [0.15, 0.2) is 52.4 Å². The highest BCUT2D eigenvalue weighted by Crippen LogP contribution is 2.32. The van der Waals surface area contributed by atoms with Gasteiger partial charge in [0, 0.05) is 0 Å². The van der Waals surface area contributed by atoms with E-state index in [-0.39, 0.29) is 11.5 Å². The first kappa shape index (κ1) is 17.8. The van der Waals surface area contributed by atoms with Crippen molar-refractivity contribution >= 4 is 40.6 Å². The zero-order chi connectivity index (χ0) is 18.7. The number of carboxylic acids is 1. The average Bonchev–Trinajstić information content (AvgIpc) is 2.95. The van der Waals surface area contributed by atoms with Gasteiger partial charge in [0.25, 0.3) is 5.91 Å². The number of benzene rings is 2. The Morgan fingerprint density at radius 1 is 1.23 bits per heavy atom. The van der Waals surface area contributed by atoms with Crippen molar-refractivity contribution in [3.05, 3.63) is 64.1 Å². The third-order valence-corrected chi connectivity index (χ3v) is 4.57. The van der Waals surface area contributed by atoms with E-state index in [1.54, 1.807) is 25.3 Å². The topological polar surface area (TPSA) is 88.0 Å². The van der Waals surface area contributed by atoms with Crippen LogP contribution in [0.4, 0.5) is 5.69 Å². The number of rotatable bonds is 4. The number of amidine groups is 1. The maximum atomic E-state index is 12.2. The van der Waals surface area contributed by atoms with Crippen LogP contribution in [0, 0.1) is 6.92 Å². The smallest absolute Gasteiger partial charge is 0.335 e. The molecule has 1 aliphatic rings. The molecule has 6 nitrogen and oxygen atoms in total. The van der Waals surface area contributed by atoms with Gasteiger partial charge in [0.1, 0.15) is 11.4 Å². The standard InChI is InChI=1S/C19H16N2O4S/c1-11-3-8-15(25-2)14(9-11)20-19-21-17(22)16(26-19)10-12-4-6-13(7-5-12)18(23)24/h3-10H,1-2H3,(H,23,24)(H,20,21,22)/b16-10-. The first-order valence-corrected chi connectivity index (χ1v) is 8.55. The fourth-order valence-corrected chi connectivity index (χ4v) is 3.19. The molecule has 0 aromatic heterocycles. The summed E-state index contributed by atoms with van der Waals surface area (Å²) in [5, 5.41) is 12.1. The van der Waals surface area contributed by atoms with E-state index in [2.05, 4.69) is 10.3 Å². The number of methoxy groups -OCH3 is 1. The van der Waals surface area contributed by atoms with Crippen molar-refractivity contribution in [1.82, 2.24) is 5.32 Å². The molecule has 132 valence electrons. The van der Waals surface area contributed by atoms with Crippen LogP contribution in [0.2, 0.25) is 0 Å². The van der Waals surface area contributed by atoms with Crippen LogP contribution in [0.1, 0.15) is 21.5 Å². The lowest BCUT2D eigenvalue weighted by Gasteiger charge is -2.05. The van der Waals surface area contributed by atoms with Crippen LogP contribution >= 0.6 is 11.8 Å². The summed E-state index contributed by atoms with van der Waals surface area (Å²) >= 11 is 1.22. The summed E-state index contributed by atoms with van der Waals surface area (Å²) < 4.78 is 5.30. The van der Waals surface area contributed by atoms with Gasteiger partial charge in [-0.3, -0.25) is 4.79 Å². The predicted molar refractivity (Wildman–Crippen MR) is 102 cm³/mol. The van der Waals surface area contributed by atoms with E-state index in [4.69, 9.17) is 9.84 Å². The van der Waals surface area contributed by atoms with Gasteiger partial charge >= 0.3 is 5.97 Å². The minimum Gasteiger partial charge on any atom is -0.494 e. The van der Waals surface area contributed by atoms with E-state index in [0.29, 0.717) is 21.5 Å². The Labute approximate surface area is 154 Å². The Bertz CT molecular complexity index is 933. The van der Waals surface area contributed by atoms with E-state index in [0.717, 1.165) is 11.1 Å². The fourth-order valence-electron chi connectivity index (χ4n) is 2.35. The lowest BCUT2D eigenvalue weighted by Crippen LogP contribution is -2.19. The Balaban J connectivity index is 1.84. The van der Waals surface area contributed by atoms with Gasteiger partial charge in [0.2, 0.25) is 0 Å². The number of aromatic carboxylic acids is 1. The summed E-state index contributed by atoms with van der Waals surface area (Å²) in [5.74, 6) is -0.610. The first-order chi connectivity index (χ1) is 12.5. The number of thioether (sulfide) groups is 1. The second-order valence-corrected chi connectivity index (χ2v) is 6.61. The molecule has 0 unspecified atom stereocenters. The normalized spacial score (nSPS) is 16.8. The number of hydrogen-bond donors (Lipinski definition) is 2. The average molecular weight is 368 g/mol. The molecule has 0 radical (unpaired) electrons. The van der Waals surface area contributed by atoms with Gasteiger partial charge < -0.3 is 15.2 Å². The Morgan fingerprint density at radius 2 is 1.96 bits per heavy atom. The molecule has 2 aromatic rings. The van der Waals surface area contributed by atoms with Crippen LogP contribution in [-0.4, -0.2) is 29.3 Å². The molecule has 0 bridgehead atoms. The SMILES string of the molecule is COc1ccc(C)cc1N=C1NC(=O)/C(=C/c2ccc(C(=O)O)cc2)S1. The summed E-state index contributed by atoms with van der Waals surface area (Å²) in [6.07, 6.45) is 1.70. The molecule has 1 fully saturated rings. The highest BCUT2D eigenvalue weighted by Gasteiger charge is 2.24. The minimum absolute atomic E-state index is 0.199. The third kappa shape index (κ3) is 3.94. The van der Waals surface area contributed by atoms with Crippen molar-refractivity contribution in [3.63, 3.8) is 0 Å². The van der Waals surface area contributed by atoms with Crippen molar-refractivity contribution in [1.29, 1.82) is 0 Å². The number of carbonyl (C=O) groups excluding carboxylic acids is 1. The Hall–Kier alpha value is -3.06. The number of nitrogens with zero attached hydrogens (tertiary/aromatic N) is 1. The summed E-state index contributed by atoms with van der Waals surface area (Å²) in [4.78, 5) is 28.0. The number of hydrogen-bond acceptors (Lipinski definition) is 5. The van der Waals surface area contributed by atoms with Gasteiger partial charge in [-0.2, -0.15) is 0 Å². The molecule has 1 aliphatic heterocycles. The monoisotopic (exact) mass is 368 g/mol. The van der Waals surface area contributed by atoms with E-state index in [1.807, 2.05) is 25.1 Å². The quantitative estimate of drug-likeness (QED) is 0.805. The van der Waals surface area contributed by atoms with Gasteiger partial charge in [-0.25, -0.2) is 9.79 Å². The van der Waals surface area contributed by atoms with Crippen molar-refractivity contribution in [2.45, 2.75) is 6.92 Å². The highest BCUT2D eigenvalue weighted by atomic mass is 32.2. The summed E-state index contributed by atoms with van der Waals surface area (Å²) in [6, 6.07) is 11.9. The molecule has 1 amide bonds. The number of aryl methyl sites for hydroxylation is 1. The lowest BCUT2D eigenvalue weighted by atomic mass is 10.1. The van der Waals surface area contributed by atoms with Gasteiger partial charge in [-0.1, -0.05) is 18.2 Å². The van der Waals surface area contributed by atoms with Gasteiger partial charge in [-0.05, 0) is 60.2 Å². The Morgan fingerprint density at radius 3 is 2.62 bits per heavy atom. The van der Waals surface area contributed by atoms with Crippen LogP contribution in [0.3, 0.4) is 0 Å². The number of carbonyl (C=O) groups is 2. The van der Waals surface area contributed by atoms with Crippen LogP contribution in [0.5, 0.6) is 5.75 Å².